The summed E-state index contributed by atoms with van der Waals surface area (Å²) in [5.74, 6) is 0. The molecule has 0 radical (unpaired) electrons. The first-order valence-corrected chi connectivity index (χ1v) is 5.22. The molecule has 1 rings (SSSR count). The SMILES string of the molecule is CCC1C(N=[N+]=[N-])CCCN1I. The van der Waals surface area contributed by atoms with E-state index in [9.17, 15) is 0 Å². The molecule has 0 amide bonds. The zero-order valence-corrected chi connectivity index (χ0v) is 9.31. The van der Waals surface area contributed by atoms with E-state index in [1.807, 2.05) is 0 Å². The van der Waals surface area contributed by atoms with Gasteiger partial charge in [0.1, 0.15) is 0 Å². The molecule has 2 unspecified atom stereocenters. The smallest absolute Gasteiger partial charge is 0.0538 e. The lowest BCUT2D eigenvalue weighted by molar-refractivity contribution is 0.255. The molecular weight excluding hydrogens is 267 g/mol. The van der Waals surface area contributed by atoms with E-state index in [1.54, 1.807) is 0 Å². The van der Waals surface area contributed by atoms with E-state index in [1.165, 1.54) is 0 Å². The lowest BCUT2D eigenvalue weighted by atomic mass is 9.97. The average molecular weight is 280 g/mol. The number of hydrogen-bond acceptors (Lipinski definition) is 2. The van der Waals surface area contributed by atoms with Crippen LogP contribution in [-0.2, 0) is 0 Å². The molecule has 0 N–H and O–H groups in total. The fourth-order valence-electron chi connectivity index (χ4n) is 1.67. The molecule has 0 aromatic carbocycles. The minimum absolute atomic E-state index is 0.186. The second-order valence-corrected chi connectivity index (χ2v) is 4.25. The molecule has 0 saturated carbocycles. The van der Waals surface area contributed by atoms with Crippen LogP contribution in [0.1, 0.15) is 26.2 Å². The van der Waals surface area contributed by atoms with Crippen molar-refractivity contribution in [1.29, 1.82) is 0 Å². The third-order valence-electron chi connectivity index (χ3n) is 2.29. The van der Waals surface area contributed by atoms with Gasteiger partial charge in [0.2, 0.25) is 0 Å². The summed E-state index contributed by atoms with van der Waals surface area (Å²) in [6.07, 6.45) is 3.25. The van der Waals surface area contributed by atoms with E-state index in [4.69, 9.17) is 5.53 Å². The lowest BCUT2D eigenvalue weighted by Gasteiger charge is -2.34. The van der Waals surface area contributed by atoms with Gasteiger partial charge in [-0.25, -0.2) is 3.11 Å². The van der Waals surface area contributed by atoms with Crippen molar-refractivity contribution < 1.29 is 0 Å². The standard InChI is InChI=1S/C7H13IN4/c1-2-7-6(10-11-9)4-3-5-12(7)8/h6-7H,2-5H2,1H3. The third kappa shape index (κ3) is 2.24. The molecule has 2 atom stereocenters. The van der Waals surface area contributed by atoms with Crippen molar-refractivity contribution in [1.82, 2.24) is 3.11 Å². The van der Waals surface area contributed by atoms with Crippen LogP contribution >= 0.6 is 22.9 Å². The highest BCUT2D eigenvalue weighted by molar-refractivity contribution is 14.1. The first-order valence-electron chi connectivity index (χ1n) is 4.26. The maximum atomic E-state index is 8.36. The summed E-state index contributed by atoms with van der Waals surface area (Å²) in [4.78, 5) is 2.89. The van der Waals surface area contributed by atoms with Crippen LogP contribution in [0.4, 0.5) is 0 Å². The molecule has 1 aliphatic heterocycles. The molecule has 12 heavy (non-hydrogen) atoms. The van der Waals surface area contributed by atoms with Gasteiger partial charge >= 0.3 is 0 Å². The Labute approximate surface area is 86.4 Å². The predicted molar refractivity (Wildman–Crippen MR) is 57.0 cm³/mol. The molecule has 1 fully saturated rings. The third-order valence-corrected chi connectivity index (χ3v) is 3.49. The van der Waals surface area contributed by atoms with Crippen LogP contribution in [0.5, 0.6) is 0 Å². The average Bonchev–Trinajstić information content (AvgIpc) is 2.05. The van der Waals surface area contributed by atoms with Gasteiger partial charge in [-0.2, -0.15) is 0 Å². The zero-order chi connectivity index (χ0) is 8.97. The number of azide groups is 1. The van der Waals surface area contributed by atoms with Crippen LogP contribution in [0.2, 0.25) is 0 Å². The molecule has 1 aliphatic rings. The second-order valence-electron chi connectivity index (χ2n) is 3.01. The number of hydrogen-bond donors (Lipinski definition) is 0. The molecule has 1 saturated heterocycles. The molecule has 0 aromatic rings. The van der Waals surface area contributed by atoms with Crippen molar-refractivity contribution in [3.05, 3.63) is 10.4 Å². The summed E-state index contributed by atoms with van der Waals surface area (Å²) >= 11 is 2.32. The minimum atomic E-state index is 0.186. The topological polar surface area (TPSA) is 52.0 Å². The molecule has 68 valence electrons. The van der Waals surface area contributed by atoms with Crippen LogP contribution in [0.25, 0.3) is 10.4 Å². The van der Waals surface area contributed by atoms with E-state index in [0.717, 1.165) is 25.8 Å². The summed E-state index contributed by atoms with van der Waals surface area (Å²) in [5.41, 5.74) is 8.36. The molecule has 1 heterocycles. The van der Waals surface area contributed by atoms with Gasteiger partial charge in [-0.05, 0) is 24.8 Å². The Hall–Kier alpha value is 0. The number of piperidine rings is 1. The normalized spacial score (nSPS) is 31.2. The van der Waals surface area contributed by atoms with Crippen LogP contribution in [-0.4, -0.2) is 21.7 Å². The Balaban J connectivity index is 2.63. The largest absolute Gasteiger partial charge is 0.244 e. The van der Waals surface area contributed by atoms with Gasteiger partial charge in [-0.15, -0.1) is 0 Å². The van der Waals surface area contributed by atoms with Gasteiger partial charge in [0.25, 0.3) is 0 Å². The maximum absolute atomic E-state index is 8.36. The Kier molecular flexibility index (Phi) is 4.11. The van der Waals surface area contributed by atoms with Crippen molar-refractivity contribution in [3.63, 3.8) is 0 Å². The Morgan fingerprint density at radius 3 is 3.08 bits per heavy atom. The van der Waals surface area contributed by atoms with E-state index in [-0.39, 0.29) is 6.04 Å². The van der Waals surface area contributed by atoms with Gasteiger partial charge in [-0.3, -0.25) is 0 Å². The summed E-state index contributed by atoms with van der Waals surface area (Å²) in [5, 5.41) is 3.82. The minimum Gasteiger partial charge on any atom is -0.244 e. The Bertz CT molecular complexity index is 190. The molecule has 0 aliphatic carbocycles. The molecular formula is C7H13IN4. The lowest BCUT2D eigenvalue weighted by Crippen LogP contribution is -2.41. The molecule has 0 bridgehead atoms. The van der Waals surface area contributed by atoms with Crippen LogP contribution in [0, 0.1) is 0 Å². The van der Waals surface area contributed by atoms with Gasteiger partial charge in [0.05, 0.1) is 6.04 Å². The van der Waals surface area contributed by atoms with Crippen LogP contribution in [0.15, 0.2) is 5.11 Å². The highest BCUT2D eigenvalue weighted by Crippen LogP contribution is 2.25. The van der Waals surface area contributed by atoms with Crippen LogP contribution < -0.4 is 0 Å². The van der Waals surface area contributed by atoms with E-state index in [2.05, 4.69) is 42.9 Å². The predicted octanol–water partition coefficient (Wildman–Crippen LogP) is 2.89. The summed E-state index contributed by atoms with van der Waals surface area (Å²) in [6, 6.07) is 0.626. The molecule has 0 aromatic heterocycles. The first kappa shape index (κ1) is 10.1. The highest BCUT2D eigenvalue weighted by Gasteiger charge is 2.27. The van der Waals surface area contributed by atoms with E-state index < -0.39 is 0 Å². The molecule has 0 spiro atoms. The van der Waals surface area contributed by atoms with Gasteiger partial charge < -0.3 is 0 Å². The van der Waals surface area contributed by atoms with Gasteiger partial charge in [-0.1, -0.05) is 12.0 Å². The zero-order valence-electron chi connectivity index (χ0n) is 7.15. The monoisotopic (exact) mass is 280 g/mol. The quantitative estimate of drug-likeness (QED) is 0.252. The number of nitrogens with zero attached hydrogens (tertiary/aromatic N) is 4. The Morgan fingerprint density at radius 1 is 1.75 bits per heavy atom. The fourth-order valence-corrected chi connectivity index (χ4v) is 2.77. The molecule has 5 heteroatoms. The number of rotatable bonds is 2. The van der Waals surface area contributed by atoms with Crippen molar-refractivity contribution in [2.24, 2.45) is 5.11 Å². The molecule has 4 nitrogen and oxygen atoms in total. The maximum Gasteiger partial charge on any atom is 0.0538 e. The first-order chi connectivity index (χ1) is 5.79. The fraction of sp³-hybridized carbons (Fsp3) is 1.00. The number of halogens is 1. The van der Waals surface area contributed by atoms with Crippen molar-refractivity contribution in [2.75, 3.05) is 6.54 Å². The van der Waals surface area contributed by atoms with Crippen LogP contribution in [0.3, 0.4) is 0 Å². The van der Waals surface area contributed by atoms with E-state index in [0.29, 0.717) is 6.04 Å². The summed E-state index contributed by atoms with van der Waals surface area (Å²) in [6.45, 7) is 3.26. The summed E-state index contributed by atoms with van der Waals surface area (Å²) < 4.78 is 2.26. The van der Waals surface area contributed by atoms with Crippen molar-refractivity contribution in [2.45, 2.75) is 38.3 Å². The van der Waals surface area contributed by atoms with Crippen molar-refractivity contribution >= 4 is 22.9 Å². The van der Waals surface area contributed by atoms with Crippen molar-refractivity contribution in [3.8, 4) is 0 Å². The van der Waals surface area contributed by atoms with Gasteiger partial charge in [0, 0.05) is 40.4 Å². The Morgan fingerprint density at radius 2 is 2.50 bits per heavy atom. The van der Waals surface area contributed by atoms with E-state index >= 15 is 0 Å². The highest BCUT2D eigenvalue weighted by atomic mass is 127. The van der Waals surface area contributed by atoms with Gasteiger partial charge in [0.15, 0.2) is 0 Å². The summed E-state index contributed by atoms with van der Waals surface area (Å²) in [7, 11) is 0. The second kappa shape index (κ2) is 4.89.